The first-order valence-electron chi connectivity index (χ1n) is 16.5. The largest absolute Gasteiger partial charge is 0.496 e. The molecular formula is C38H40FN5O5. The molecule has 10 nitrogen and oxygen atoms in total. The van der Waals surface area contributed by atoms with Crippen LogP contribution in [-0.4, -0.2) is 81.9 Å². The highest BCUT2D eigenvalue weighted by molar-refractivity contribution is 5.93. The maximum absolute atomic E-state index is 14.1. The highest BCUT2D eigenvalue weighted by Crippen LogP contribution is 2.37. The number of carbonyl (C=O) groups excluding carboxylic acids is 2. The minimum Gasteiger partial charge on any atom is -0.496 e. The Morgan fingerprint density at radius 3 is 2.16 bits per heavy atom. The molecule has 2 aliphatic rings. The first-order valence-corrected chi connectivity index (χ1v) is 16.5. The van der Waals surface area contributed by atoms with Crippen LogP contribution in [0.25, 0.3) is 28.6 Å². The summed E-state index contributed by atoms with van der Waals surface area (Å²) < 4.78 is 34.0. The number of amides is 2. The standard InChI is InChI=1S/C38H40FN5O5/c1-4-36(45)43-18-14-30(15-19-43)49-32-11-8-26(34(24-32)33-12-10-28(39)23-35(33)47-3)9-13-37(46)44-20-16-29(17-21-44)48-31-7-5-6-27(22-31)38-40-25-41-42(38)2/h4-13,22-25,29-30H,1,14-21H2,2-3H3/b13-9+. The number of aromatic nitrogens is 3. The number of halogens is 1. The van der Waals surface area contributed by atoms with Gasteiger partial charge in [0, 0.05) is 82.2 Å². The topological polar surface area (TPSA) is 99.0 Å². The zero-order valence-corrected chi connectivity index (χ0v) is 27.8. The Morgan fingerprint density at radius 1 is 0.857 bits per heavy atom. The molecule has 0 saturated carbocycles. The maximum atomic E-state index is 14.1. The number of ether oxygens (including phenoxy) is 3. The number of methoxy groups -OCH3 is 1. The molecule has 2 aliphatic heterocycles. The van der Waals surface area contributed by atoms with Gasteiger partial charge in [0.1, 0.15) is 41.6 Å². The van der Waals surface area contributed by atoms with Gasteiger partial charge in [0.25, 0.3) is 0 Å². The number of nitrogens with zero attached hydrogens (tertiary/aromatic N) is 5. The fourth-order valence-corrected chi connectivity index (χ4v) is 6.31. The molecule has 0 radical (unpaired) electrons. The Bertz CT molecular complexity index is 1840. The molecule has 0 N–H and O–H groups in total. The summed E-state index contributed by atoms with van der Waals surface area (Å²) in [5, 5.41) is 4.15. The molecule has 254 valence electrons. The number of hydrogen-bond acceptors (Lipinski definition) is 7. The van der Waals surface area contributed by atoms with E-state index in [1.165, 1.54) is 31.6 Å². The first kappa shape index (κ1) is 33.5. The molecule has 0 bridgehead atoms. The van der Waals surface area contributed by atoms with E-state index in [1.807, 2.05) is 54.4 Å². The quantitative estimate of drug-likeness (QED) is 0.194. The lowest BCUT2D eigenvalue weighted by atomic mass is 9.97. The van der Waals surface area contributed by atoms with Crippen molar-refractivity contribution in [1.29, 1.82) is 0 Å². The van der Waals surface area contributed by atoms with Gasteiger partial charge in [-0.3, -0.25) is 9.59 Å². The second-order valence-electron chi connectivity index (χ2n) is 12.2. The average Bonchev–Trinajstić information content (AvgIpc) is 3.57. The molecule has 49 heavy (non-hydrogen) atoms. The van der Waals surface area contributed by atoms with Gasteiger partial charge in [0.15, 0.2) is 5.82 Å². The van der Waals surface area contributed by atoms with E-state index in [9.17, 15) is 14.0 Å². The van der Waals surface area contributed by atoms with Crippen molar-refractivity contribution in [3.05, 3.63) is 97.1 Å². The predicted molar refractivity (Wildman–Crippen MR) is 185 cm³/mol. The van der Waals surface area contributed by atoms with Gasteiger partial charge in [0.2, 0.25) is 11.8 Å². The van der Waals surface area contributed by atoms with Crippen molar-refractivity contribution < 1.29 is 28.2 Å². The van der Waals surface area contributed by atoms with E-state index in [2.05, 4.69) is 16.7 Å². The number of piperidine rings is 2. The molecule has 1 aromatic heterocycles. The molecular weight excluding hydrogens is 625 g/mol. The molecule has 2 fully saturated rings. The second kappa shape index (κ2) is 15.2. The summed E-state index contributed by atoms with van der Waals surface area (Å²) in [5.74, 6) is 1.95. The summed E-state index contributed by atoms with van der Waals surface area (Å²) in [6, 6.07) is 17.8. The average molecular weight is 666 g/mol. The van der Waals surface area contributed by atoms with Gasteiger partial charge in [-0.1, -0.05) is 24.8 Å². The van der Waals surface area contributed by atoms with Crippen molar-refractivity contribution >= 4 is 17.9 Å². The zero-order valence-electron chi connectivity index (χ0n) is 27.8. The van der Waals surface area contributed by atoms with Crippen molar-refractivity contribution in [2.45, 2.75) is 37.9 Å². The lowest BCUT2D eigenvalue weighted by molar-refractivity contribution is -0.128. The van der Waals surface area contributed by atoms with Gasteiger partial charge in [-0.15, -0.1) is 0 Å². The lowest BCUT2D eigenvalue weighted by Crippen LogP contribution is -2.41. The van der Waals surface area contributed by atoms with Crippen LogP contribution in [0.4, 0.5) is 4.39 Å². The number of carbonyl (C=O) groups is 2. The van der Waals surface area contributed by atoms with Crippen molar-refractivity contribution in [2.24, 2.45) is 7.05 Å². The molecule has 11 heteroatoms. The Balaban J connectivity index is 1.12. The van der Waals surface area contributed by atoms with E-state index in [1.54, 1.807) is 27.8 Å². The Labute approximate surface area is 285 Å². The minimum atomic E-state index is -0.411. The number of hydrogen-bond donors (Lipinski definition) is 0. The summed E-state index contributed by atoms with van der Waals surface area (Å²) in [6.07, 6.45) is 8.95. The summed E-state index contributed by atoms with van der Waals surface area (Å²) in [5.41, 5.74) is 3.11. The summed E-state index contributed by atoms with van der Waals surface area (Å²) in [7, 11) is 3.35. The van der Waals surface area contributed by atoms with Gasteiger partial charge in [-0.2, -0.15) is 5.10 Å². The van der Waals surface area contributed by atoms with Gasteiger partial charge in [-0.05, 0) is 59.7 Å². The van der Waals surface area contributed by atoms with Crippen LogP contribution >= 0.6 is 0 Å². The van der Waals surface area contributed by atoms with Gasteiger partial charge in [-0.25, -0.2) is 14.1 Å². The van der Waals surface area contributed by atoms with E-state index in [-0.39, 0.29) is 24.0 Å². The van der Waals surface area contributed by atoms with E-state index in [0.29, 0.717) is 68.9 Å². The smallest absolute Gasteiger partial charge is 0.246 e. The zero-order chi connectivity index (χ0) is 34.3. The highest BCUT2D eigenvalue weighted by atomic mass is 19.1. The summed E-state index contributed by atoms with van der Waals surface area (Å²) in [6.45, 7) is 5.90. The second-order valence-corrected chi connectivity index (χ2v) is 12.2. The molecule has 2 amide bonds. The Morgan fingerprint density at radius 2 is 1.53 bits per heavy atom. The lowest BCUT2D eigenvalue weighted by Gasteiger charge is -2.31. The van der Waals surface area contributed by atoms with Crippen LogP contribution in [0, 0.1) is 5.82 Å². The number of aryl methyl sites for hydroxylation is 1. The molecule has 4 aromatic rings. The van der Waals surface area contributed by atoms with Crippen LogP contribution in [0.1, 0.15) is 31.2 Å². The molecule has 3 aromatic carbocycles. The first-order chi connectivity index (χ1) is 23.8. The summed E-state index contributed by atoms with van der Waals surface area (Å²) >= 11 is 0. The number of benzene rings is 3. The number of rotatable bonds is 10. The van der Waals surface area contributed by atoms with Gasteiger partial charge in [0.05, 0.1) is 7.11 Å². The van der Waals surface area contributed by atoms with Crippen LogP contribution in [0.15, 0.2) is 85.7 Å². The van der Waals surface area contributed by atoms with Crippen LogP contribution in [0.5, 0.6) is 17.2 Å². The Hall–Kier alpha value is -5.45. The van der Waals surface area contributed by atoms with Crippen molar-refractivity contribution in [1.82, 2.24) is 24.6 Å². The maximum Gasteiger partial charge on any atom is 0.246 e. The molecule has 0 unspecified atom stereocenters. The van der Waals surface area contributed by atoms with Crippen LogP contribution < -0.4 is 14.2 Å². The predicted octanol–water partition coefficient (Wildman–Crippen LogP) is 5.94. The fraction of sp³-hybridized carbons (Fsp3) is 0.316. The molecule has 0 aliphatic carbocycles. The molecule has 2 saturated heterocycles. The SMILES string of the molecule is C=CC(=O)N1CCC(Oc2ccc(/C=C/C(=O)N3CCC(Oc4cccc(-c5ncnn5C)c4)CC3)c(-c3ccc(F)cc3OC)c2)CC1. The molecule has 6 rings (SSSR count). The third-order valence-electron chi connectivity index (χ3n) is 8.98. The third kappa shape index (κ3) is 7.99. The van der Waals surface area contributed by atoms with Crippen molar-refractivity contribution in [2.75, 3.05) is 33.3 Å². The number of likely N-dealkylation sites (tertiary alicyclic amines) is 2. The van der Waals surface area contributed by atoms with E-state index < -0.39 is 5.82 Å². The van der Waals surface area contributed by atoms with Crippen LogP contribution in [0.2, 0.25) is 0 Å². The van der Waals surface area contributed by atoms with Crippen molar-refractivity contribution in [3.8, 4) is 39.8 Å². The minimum absolute atomic E-state index is 0.0115. The van der Waals surface area contributed by atoms with E-state index >= 15 is 0 Å². The highest BCUT2D eigenvalue weighted by Gasteiger charge is 2.25. The molecule has 0 atom stereocenters. The summed E-state index contributed by atoms with van der Waals surface area (Å²) in [4.78, 5) is 33.2. The monoisotopic (exact) mass is 665 g/mol. The Kier molecular flexibility index (Phi) is 10.4. The van der Waals surface area contributed by atoms with Crippen LogP contribution in [0.3, 0.4) is 0 Å². The molecule has 3 heterocycles. The van der Waals surface area contributed by atoms with Crippen molar-refractivity contribution in [3.63, 3.8) is 0 Å². The third-order valence-corrected chi connectivity index (χ3v) is 8.98. The van der Waals surface area contributed by atoms with Gasteiger partial charge >= 0.3 is 0 Å². The normalized spacial score (nSPS) is 15.7. The van der Waals surface area contributed by atoms with E-state index in [4.69, 9.17) is 14.2 Å². The molecule has 0 spiro atoms. The fourth-order valence-electron chi connectivity index (χ4n) is 6.31. The van der Waals surface area contributed by atoms with Gasteiger partial charge < -0.3 is 24.0 Å². The van der Waals surface area contributed by atoms with E-state index in [0.717, 1.165) is 28.3 Å². The van der Waals surface area contributed by atoms with Crippen LogP contribution in [-0.2, 0) is 16.6 Å².